The maximum atomic E-state index is 6.14. The monoisotopic (exact) mass is 408 g/mol. The summed E-state index contributed by atoms with van der Waals surface area (Å²) in [4.78, 5) is 8.87. The standard InChI is InChI=1S/C12H15ClIN4P/c13-10-6-9(16-8-4-2-1-3-5-8)11-12(17-10)18(19-14)7-15-11/h6-8,19H,1-5H2,(H,16,17). The van der Waals surface area contributed by atoms with Crippen LogP contribution in [0.1, 0.15) is 32.1 Å². The highest BCUT2D eigenvalue weighted by Crippen LogP contribution is 2.33. The maximum absolute atomic E-state index is 6.14. The predicted octanol–water partition coefficient (Wildman–Crippen LogP) is 4.62. The van der Waals surface area contributed by atoms with Gasteiger partial charge in [0.25, 0.3) is 0 Å². The van der Waals surface area contributed by atoms with Gasteiger partial charge in [0, 0.05) is 12.1 Å². The summed E-state index contributed by atoms with van der Waals surface area (Å²) in [5.41, 5.74) is 2.83. The van der Waals surface area contributed by atoms with Gasteiger partial charge in [-0.15, -0.1) is 0 Å². The minimum atomic E-state index is 0.530. The number of imidazole rings is 1. The van der Waals surface area contributed by atoms with Gasteiger partial charge in [-0.2, -0.15) is 0 Å². The molecule has 4 nitrogen and oxygen atoms in total. The summed E-state index contributed by atoms with van der Waals surface area (Å²) in [5, 5.41) is 4.13. The van der Waals surface area contributed by atoms with Crippen molar-refractivity contribution < 1.29 is 0 Å². The molecule has 1 unspecified atom stereocenters. The zero-order valence-electron chi connectivity index (χ0n) is 10.4. The zero-order valence-corrected chi connectivity index (χ0v) is 14.3. The van der Waals surface area contributed by atoms with Crippen LogP contribution in [0.3, 0.4) is 0 Å². The molecule has 0 saturated heterocycles. The van der Waals surface area contributed by atoms with Gasteiger partial charge in [0.2, 0.25) is 0 Å². The lowest BCUT2D eigenvalue weighted by molar-refractivity contribution is 0.463. The van der Waals surface area contributed by atoms with Crippen molar-refractivity contribution in [3.63, 3.8) is 0 Å². The molecule has 2 aromatic rings. The molecule has 1 N–H and O–H groups in total. The van der Waals surface area contributed by atoms with Crippen LogP contribution in [0.2, 0.25) is 5.15 Å². The molecule has 1 aliphatic rings. The third kappa shape index (κ3) is 2.98. The van der Waals surface area contributed by atoms with Crippen molar-refractivity contribution in [3.05, 3.63) is 17.5 Å². The number of nitrogens with zero attached hydrogens (tertiary/aromatic N) is 3. The van der Waals surface area contributed by atoms with Gasteiger partial charge in [0.05, 0.1) is 12.1 Å². The number of hydrogen-bond donors (Lipinski definition) is 1. The van der Waals surface area contributed by atoms with Crippen molar-refractivity contribution in [1.29, 1.82) is 0 Å². The zero-order chi connectivity index (χ0) is 13.2. The Hall–Kier alpha value is -0.130. The molecule has 0 aromatic carbocycles. The summed E-state index contributed by atoms with van der Waals surface area (Å²) >= 11 is 8.46. The second kappa shape index (κ2) is 6.10. The number of rotatable bonds is 3. The van der Waals surface area contributed by atoms with Gasteiger partial charge in [0.15, 0.2) is 5.65 Å². The number of anilines is 1. The van der Waals surface area contributed by atoms with Crippen molar-refractivity contribution in [2.75, 3.05) is 5.32 Å². The molecule has 19 heavy (non-hydrogen) atoms. The Bertz CT molecular complexity index is 582. The first kappa shape index (κ1) is 13.8. The van der Waals surface area contributed by atoms with E-state index in [9.17, 15) is 0 Å². The Labute approximate surface area is 132 Å². The largest absolute Gasteiger partial charge is 0.380 e. The van der Waals surface area contributed by atoms with Gasteiger partial charge in [-0.1, -0.05) is 30.9 Å². The molecule has 2 heterocycles. The van der Waals surface area contributed by atoms with Crippen LogP contribution in [0.15, 0.2) is 12.4 Å². The smallest absolute Gasteiger partial charge is 0.167 e. The van der Waals surface area contributed by atoms with Crippen LogP contribution in [0, 0.1) is 0 Å². The normalized spacial score (nSPS) is 17.6. The SMILES string of the molecule is Clc1cc(NC2CCCCC2)c2ncn(PI)c2n1. The van der Waals surface area contributed by atoms with Crippen LogP contribution in [-0.4, -0.2) is 20.3 Å². The second-order valence-corrected chi connectivity index (χ2v) is 7.33. The van der Waals surface area contributed by atoms with Crippen molar-refractivity contribution in [2.24, 2.45) is 0 Å². The average Bonchev–Trinajstić information content (AvgIpc) is 2.83. The highest BCUT2D eigenvalue weighted by molar-refractivity contribution is 14.2. The van der Waals surface area contributed by atoms with E-state index >= 15 is 0 Å². The minimum Gasteiger partial charge on any atom is -0.380 e. The first-order chi connectivity index (χ1) is 9.28. The molecule has 7 heteroatoms. The first-order valence-corrected chi connectivity index (χ1v) is 10.9. The lowest BCUT2D eigenvalue weighted by Gasteiger charge is -2.24. The Balaban J connectivity index is 1.95. The number of fused-ring (bicyclic) bond motifs is 1. The van der Waals surface area contributed by atoms with Crippen molar-refractivity contribution in [3.8, 4) is 0 Å². The van der Waals surface area contributed by atoms with Crippen molar-refractivity contribution in [2.45, 2.75) is 38.1 Å². The van der Waals surface area contributed by atoms with Crippen molar-refractivity contribution >= 4 is 56.9 Å². The van der Waals surface area contributed by atoms with Gasteiger partial charge in [-0.3, -0.25) is 4.34 Å². The quantitative estimate of drug-likeness (QED) is 0.458. The molecule has 102 valence electrons. The predicted molar refractivity (Wildman–Crippen MR) is 90.8 cm³/mol. The number of hydrogen-bond acceptors (Lipinski definition) is 3. The Kier molecular flexibility index (Phi) is 4.44. The molecule has 1 aliphatic carbocycles. The molecule has 3 rings (SSSR count). The lowest BCUT2D eigenvalue weighted by Crippen LogP contribution is -2.22. The van der Waals surface area contributed by atoms with Crippen LogP contribution in [0.25, 0.3) is 11.2 Å². The third-order valence-electron chi connectivity index (χ3n) is 3.53. The Morgan fingerprint density at radius 2 is 2.16 bits per heavy atom. The van der Waals surface area contributed by atoms with E-state index in [1.807, 2.05) is 16.7 Å². The van der Waals surface area contributed by atoms with Crippen LogP contribution in [-0.2, 0) is 0 Å². The fraction of sp³-hybridized carbons (Fsp3) is 0.500. The van der Waals surface area contributed by atoms with Crippen LogP contribution in [0.5, 0.6) is 0 Å². The number of nitrogens with one attached hydrogen (secondary N) is 1. The van der Waals surface area contributed by atoms with E-state index in [-0.39, 0.29) is 0 Å². The second-order valence-electron chi connectivity index (χ2n) is 4.84. The molecule has 0 amide bonds. The van der Waals surface area contributed by atoms with E-state index in [1.54, 1.807) is 0 Å². The van der Waals surface area contributed by atoms with E-state index < -0.39 is 0 Å². The summed E-state index contributed by atoms with van der Waals surface area (Å²) in [6, 6.07) is 2.44. The topological polar surface area (TPSA) is 42.7 Å². The molecule has 0 aliphatic heterocycles. The van der Waals surface area contributed by atoms with Crippen molar-refractivity contribution in [1.82, 2.24) is 14.3 Å². The van der Waals surface area contributed by atoms with Gasteiger partial charge < -0.3 is 5.32 Å². The summed E-state index contributed by atoms with van der Waals surface area (Å²) < 4.78 is 2.04. The van der Waals surface area contributed by atoms with Crippen LogP contribution >= 0.6 is 40.0 Å². The molecule has 0 spiro atoms. The van der Waals surface area contributed by atoms with Gasteiger partial charge in [-0.05, 0) is 34.9 Å². The lowest BCUT2D eigenvalue weighted by atomic mass is 9.95. The maximum Gasteiger partial charge on any atom is 0.167 e. The molecule has 1 fully saturated rings. The van der Waals surface area contributed by atoms with E-state index in [1.165, 1.54) is 32.1 Å². The average molecular weight is 409 g/mol. The summed E-state index contributed by atoms with van der Waals surface area (Å²) in [7, 11) is 0. The molecular formula is C12H15ClIN4P. The minimum absolute atomic E-state index is 0.530. The number of aromatic nitrogens is 3. The van der Waals surface area contributed by atoms with Gasteiger partial charge in [-0.25, -0.2) is 9.97 Å². The molecular weight excluding hydrogens is 393 g/mol. The number of halogens is 2. The molecule has 0 radical (unpaired) electrons. The van der Waals surface area contributed by atoms with E-state index in [4.69, 9.17) is 11.6 Å². The molecule has 2 aromatic heterocycles. The van der Waals surface area contributed by atoms with E-state index in [2.05, 4.69) is 37.3 Å². The van der Waals surface area contributed by atoms with E-state index in [0.717, 1.165) is 16.9 Å². The molecule has 1 saturated carbocycles. The highest BCUT2D eigenvalue weighted by Gasteiger charge is 2.16. The summed E-state index contributed by atoms with van der Waals surface area (Å²) in [5.74, 6) is 0. The summed E-state index contributed by atoms with van der Waals surface area (Å²) in [6.45, 7) is 0. The molecule has 1 atom stereocenters. The summed E-state index contributed by atoms with van der Waals surface area (Å²) in [6.07, 6.45) is 8.86. The Morgan fingerprint density at radius 1 is 1.37 bits per heavy atom. The van der Waals surface area contributed by atoms with E-state index in [0.29, 0.717) is 17.6 Å². The fourth-order valence-corrected chi connectivity index (χ4v) is 4.18. The third-order valence-corrected chi connectivity index (χ3v) is 5.79. The first-order valence-electron chi connectivity index (χ1n) is 6.44. The van der Waals surface area contributed by atoms with Gasteiger partial charge in [0.1, 0.15) is 17.0 Å². The van der Waals surface area contributed by atoms with Crippen LogP contribution in [0.4, 0.5) is 5.69 Å². The highest BCUT2D eigenvalue weighted by atomic mass is 127. The Morgan fingerprint density at radius 3 is 2.89 bits per heavy atom. The van der Waals surface area contributed by atoms with Crippen LogP contribution < -0.4 is 5.32 Å². The van der Waals surface area contributed by atoms with Gasteiger partial charge >= 0.3 is 0 Å². The number of pyridine rings is 1. The molecule has 0 bridgehead atoms. The fourth-order valence-electron chi connectivity index (χ4n) is 2.60.